The summed E-state index contributed by atoms with van der Waals surface area (Å²) in [4.78, 5) is 29.3. The number of halogens is 1. The van der Waals surface area contributed by atoms with Gasteiger partial charge in [-0.15, -0.1) is 0 Å². The third-order valence-corrected chi connectivity index (χ3v) is 5.40. The number of rotatable bonds is 6. The molecule has 0 radical (unpaired) electrons. The highest BCUT2D eigenvalue weighted by Crippen LogP contribution is 2.44. The Morgan fingerprint density at radius 2 is 1.93 bits per heavy atom. The number of allylic oxidation sites excluding steroid dienone is 1. The molecule has 2 fully saturated rings. The summed E-state index contributed by atoms with van der Waals surface area (Å²) in [6.45, 7) is 4.54. The van der Waals surface area contributed by atoms with Crippen LogP contribution in [0.5, 0.6) is 0 Å². The molecule has 4 atom stereocenters. The molecular weight excluding hydrogens is 377 g/mol. The largest absolute Gasteiger partial charge is 0.466 e. The molecule has 4 unspecified atom stereocenters. The first-order valence-corrected chi connectivity index (χ1v) is 9.94. The van der Waals surface area contributed by atoms with Gasteiger partial charge < -0.3 is 9.47 Å². The number of aliphatic imine (C=N–C) groups is 1. The smallest absolute Gasteiger partial charge is 0.314 e. The number of carbonyl (C=O) groups excluding carboxylic acids is 2. The van der Waals surface area contributed by atoms with Crippen molar-refractivity contribution in [2.24, 2.45) is 22.7 Å². The third-order valence-electron chi connectivity index (χ3n) is 5.40. The number of carbonyl (C=O) groups is 2. The van der Waals surface area contributed by atoms with E-state index < -0.39 is 12.1 Å². The van der Waals surface area contributed by atoms with Crippen molar-refractivity contribution in [3.05, 3.63) is 41.7 Å². The maximum atomic E-state index is 13.9. The van der Waals surface area contributed by atoms with Crippen LogP contribution in [0.4, 0.5) is 4.39 Å². The molecule has 29 heavy (non-hydrogen) atoms. The van der Waals surface area contributed by atoms with Crippen LogP contribution >= 0.6 is 0 Å². The number of fused-ring (bicyclic) bond motifs is 1. The van der Waals surface area contributed by atoms with Crippen molar-refractivity contribution in [1.29, 1.82) is 0 Å². The van der Waals surface area contributed by atoms with Gasteiger partial charge in [0.2, 0.25) is 0 Å². The molecule has 7 nitrogen and oxygen atoms in total. The van der Waals surface area contributed by atoms with Crippen molar-refractivity contribution in [2.45, 2.75) is 26.4 Å². The fraction of sp³-hybridized carbons (Fsp3) is 0.476. The normalized spacial score (nSPS) is 27.6. The molecule has 0 aromatic heterocycles. The van der Waals surface area contributed by atoms with Gasteiger partial charge in [0.15, 0.2) is 0 Å². The van der Waals surface area contributed by atoms with Gasteiger partial charge in [-0.05, 0) is 38.5 Å². The van der Waals surface area contributed by atoms with Crippen LogP contribution in [0.15, 0.2) is 35.3 Å². The Labute approximate surface area is 168 Å². The molecule has 8 heteroatoms. The Hall–Kier alpha value is -2.74. The lowest BCUT2D eigenvalue weighted by atomic mass is 10.0. The number of benzene rings is 1. The van der Waals surface area contributed by atoms with E-state index in [1.165, 1.54) is 12.1 Å². The summed E-state index contributed by atoms with van der Waals surface area (Å²) < 4.78 is 24.2. The van der Waals surface area contributed by atoms with Gasteiger partial charge in [-0.3, -0.25) is 19.6 Å². The highest BCUT2D eigenvalue weighted by molar-refractivity contribution is 6.07. The van der Waals surface area contributed by atoms with Gasteiger partial charge >= 0.3 is 11.9 Å². The van der Waals surface area contributed by atoms with Crippen molar-refractivity contribution in [2.75, 3.05) is 19.8 Å². The summed E-state index contributed by atoms with van der Waals surface area (Å²) in [7, 11) is 0. The van der Waals surface area contributed by atoms with Crippen LogP contribution in [0.1, 0.15) is 25.8 Å². The Morgan fingerprint density at radius 1 is 1.21 bits per heavy atom. The van der Waals surface area contributed by atoms with Crippen LogP contribution in [-0.4, -0.2) is 48.6 Å². The number of hydrazine groups is 1. The molecule has 4 rings (SSSR count). The predicted octanol–water partition coefficient (Wildman–Crippen LogP) is 2.15. The van der Waals surface area contributed by atoms with E-state index in [1.54, 1.807) is 24.9 Å². The van der Waals surface area contributed by atoms with Crippen molar-refractivity contribution >= 4 is 23.3 Å². The number of nitrogens with zero attached hydrogens (tertiary/aromatic N) is 2. The van der Waals surface area contributed by atoms with Crippen LogP contribution in [0, 0.1) is 23.6 Å². The van der Waals surface area contributed by atoms with E-state index in [4.69, 9.17) is 14.5 Å². The fourth-order valence-electron chi connectivity index (χ4n) is 3.91. The monoisotopic (exact) mass is 401 g/mol. The van der Waals surface area contributed by atoms with Crippen LogP contribution in [0.25, 0.3) is 5.70 Å². The summed E-state index contributed by atoms with van der Waals surface area (Å²) >= 11 is 0. The summed E-state index contributed by atoms with van der Waals surface area (Å²) in [6, 6.07) is 6.28. The first kappa shape index (κ1) is 19.6. The van der Waals surface area contributed by atoms with Crippen molar-refractivity contribution in [1.82, 2.24) is 10.4 Å². The Balaban J connectivity index is 1.66. The number of nitrogens with one attached hydrogen (secondary N) is 1. The molecule has 0 amide bonds. The average Bonchev–Trinajstić information content (AvgIpc) is 3.39. The molecule has 3 aliphatic rings. The lowest BCUT2D eigenvalue weighted by molar-refractivity contribution is -0.148. The average molecular weight is 401 g/mol. The molecule has 1 aromatic rings. The van der Waals surface area contributed by atoms with Gasteiger partial charge in [-0.25, -0.2) is 9.82 Å². The molecular formula is C21H24FN3O4. The van der Waals surface area contributed by atoms with E-state index in [0.717, 1.165) is 11.4 Å². The van der Waals surface area contributed by atoms with E-state index >= 15 is 0 Å². The Morgan fingerprint density at radius 3 is 2.62 bits per heavy atom. The minimum Gasteiger partial charge on any atom is -0.466 e. The van der Waals surface area contributed by atoms with Crippen molar-refractivity contribution in [3.8, 4) is 0 Å². The van der Waals surface area contributed by atoms with Crippen LogP contribution in [0.2, 0.25) is 0 Å². The predicted molar refractivity (Wildman–Crippen MR) is 104 cm³/mol. The van der Waals surface area contributed by atoms with Gasteiger partial charge in [0.1, 0.15) is 17.9 Å². The number of hydrogen-bond donors (Lipinski definition) is 1. The molecule has 1 N–H and O–H groups in total. The molecule has 154 valence electrons. The van der Waals surface area contributed by atoms with Gasteiger partial charge in [0.25, 0.3) is 0 Å². The molecule has 0 bridgehead atoms. The number of ether oxygens (including phenoxy) is 2. The highest BCUT2D eigenvalue weighted by Gasteiger charge is 2.50. The van der Waals surface area contributed by atoms with Crippen LogP contribution < -0.4 is 5.43 Å². The van der Waals surface area contributed by atoms with Gasteiger partial charge in [0, 0.05) is 23.7 Å². The fourth-order valence-corrected chi connectivity index (χ4v) is 3.91. The van der Waals surface area contributed by atoms with Crippen molar-refractivity contribution < 1.29 is 23.5 Å². The number of hydrogen-bond acceptors (Lipinski definition) is 7. The SMILES string of the molecule is CCOC(=O)C1CC1C1=NC2C(C(=O)OCC)CNN2C(c2cccc(F)c2)=C1. The van der Waals surface area contributed by atoms with E-state index in [-0.39, 0.29) is 29.6 Å². The molecule has 1 aliphatic carbocycles. The third kappa shape index (κ3) is 3.76. The number of esters is 2. The minimum absolute atomic E-state index is 0.0526. The molecule has 1 aromatic carbocycles. The molecule has 2 heterocycles. The second-order valence-electron chi connectivity index (χ2n) is 7.30. The second-order valence-corrected chi connectivity index (χ2v) is 7.30. The van der Waals surface area contributed by atoms with Gasteiger partial charge in [-0.1, -0.05) is 12.1 Å². The van der Waals surface area contributed by atoms with Gasteiger partial charge in [-0.2, -0.15) is 0 Å². The van der Waals surface area contributed by atoms with E-state index in [2.05, 4.69) is 5.43 Å². The Bertz CT molecular complexity index is 884. The van der Waals surface area contributed by atoms with E-state index in [9.17, 15) is 14.0 Å². The van der Waals surface area contributed by atoms with E-state index in [1.807, 2.05) is 12.1 Å². The summed E-state index contributed by atoms with van der Waals surface area (Å²) in [6.07, 6.45) is 2.03. The zero-order valence-electron chi connectivity index (χ0n) is 16.4. The second kappa shape index (κ2) is 7.94. The van der Waals surface area contributed by atoms with Crippen LogP contribution in [0.3, 0.4) is 0 Å². The summed E-state index contributed by atoms with van der Waals surface area (Å²) in [5, 5.41) is 1.79. The summed E-state index contributed by atoms with van der Waals surface area (Å²) in [5.41, 5.74) is 5.33. The molecule has 1 saturated heterocycles. The lowest BCUT2D eigenvalue weighted by Gasteiger charge is -2.32. The summed E-state index contributed by atoms with van der Waals surface area (Å²) in [5.74, 6) is -1.66. The molecule has 1 saturated carbocycles. The van der Waals surface area contributed by atoms with Gasteiger partial charge in [0.05, 0.1) is 24.8 Å². The quantitative estimate of drug-likeness (QED) is 0.736. The van der Waals surface area contributed by atoms with E-state index in [0.29, 0.717) is 31.7 Å². The first-order valence-electron chi connectivity index (χ1n) is 9.94. The first-order chi connectivity index (χ1) is 14.0. The minimum atomic E-state index is -0.504. The Kier molecular flexibility index (Phi) is 5.36. The zero-order valence-corrected chi connectivity index (χ0v) is 16.4. The van der Waals surface area contributed by atoms with Crippen LogP contribution in [-0.2, 0) is 19.1 Å². The lowest BCUT2D eigenvalue weighted by Crippen LogP contribution is -2.40. The topological polar surface area (TPSA) is 80.2 Å². The molecule has 0 spiro atoms. The molecule has 2 aliphatic heterocycles. The maximum Gasteiger partial charge on any atom is 0.314 e. The standard InChI is InChI=1S/C21H24FN3O4/c1-3-28-20(26)15-9-14(15)17-10-18(12-6-5-7-13(22)8-12)25-19(24-17)16(11-23-25)21(27)29-4-2/h5-8,10,14-16,19,23H,3-4,9,11H2,1-2H3. The zero-order chi connectivity index (χ0) is 20.5. The highest BCUT2D eigenvalue weighted by atomic mass is 19.1. The maximum absolute atomic E-state index is 13.9. The van der Waals surface area contributed by atoms with Crippen molar-refractivity contribution in [3.63, 3.8) is 0 Å².